The Morgan fingerprint density at radius 2 is 1.95 bits per heavy atom. The van der Waals surface area contributed by atoms with Gasteiger partial charge in [0, 0.05) is 22.2 Å². The first-order valence-corrected chi connectivity index (χ1v) is 14.8. The molecule has 0 aliphatic carbocycles. The molecular formula is C22H23N5O6S4. The van der Waals surface area contributed by atoms with Crippen LogP contribution < -0.4 is 11.1 Å². The van der Waals surface area contributed by atoms with E-state index in [0.717, 1.165) is 14.2 Å². The van der Waals surface area contributed by atoms with Crippen LogP contribution in [-0.2, 0) is 19.2 Å². The molecule has 0 spiro atoms. The maximum Gasteiger partial charge on any atom is 0.352 e. The number of carbonyl (C=O) groups excluding carboxylic acids is 2. The Balaban J connectivity index is 1.37. The monoisotopic (exact) mass is 581 g/mol. The fourth-order valence-electron chi connectivity index (χ4n) is 3.70. The van der Waals surface area contributed by atoms with Crippen LogP contribution in [0.5, 0.6) is 0 Å². The van der Waals surface area contributed by atoms with Gasteiger partial charge in [-0.25, -0.2) is 4.79 Å². The third kappa shape index (κ3) is 6.29. The van der Waals surface area contributed by atoms with Crippen molar-refractivity contribution in [3.8, 4) is 0 Å². The SMILES string of the molecule is Cc1nnc(SCC2=C(C(=O)O)N3C(=O)C(NC(=O)C(N)c4ccc(SCCC(=O)O)cc4)[C@@H]3SC2)s1. The van der Waals surface area contributed by atoms with Crippen molar-refractivity contribution in [3.05, 3.63) is 46.1 Å². The standard InChI is InChI=1S/C22H23N5O6S4/c1-10-25-26-22(37-10)36-9-12-8-35-20-16(19(31)27(20)17(12)21(32)33)24-18(30)15(23)11-2-4-13(5-3-11)34-7-6-14(28)29/h2-5,15-16,20H,6-9,23H2,1H3,(H,24,30)(H,28,29)(H,32,33)/t15?,16?,20-/m0/s1. The molecule has 11 nitrogen and oxygen atoms in total. The summed E-state index contributed by atoms with van der Waals surface area (Å²) < 4.78 is 0.725. The zero-order chi connectivity index (χ0) is 26.7. The van der Waals surface area contributed by atoms with E-state index >= 15 is 0 Å². The number of nitrogens with zero attached hydrogens (tertiary/aromatic N) is 3. The summed E-state index contributed by atoms with van der Waals surface area (Å²) in [5, 5.41) is 29.5. The van der Waals surface area contributed by atoms with Crippen LogP contribution in [0.15, 0.2) is 44.8 Å². The topological polar surface area (TPSA) is 176 Å². The van der Waals surface area contributed by atoms with Gasteiger partial charge in [0.25, 0.3) is 5.91 Å². The van der Waals surface area contributed by atoms with Crippen molar-refractivity contribution in [2.24, 2.45) is 5.73 Å². The van der Waals surface area contributed by atoms with Crippen molar-refractivity contribution >= 4 is 70.4 Å². The maximum absolute atomic E-state index is 12.9. The van der Waals surface area contributed by atoms with Crippen LogP contribution in [-0.4, -0.2) is 77.7 Å². The third-order valence-corrected chi connectivity index (χ3v) is 9.94. The summed E-state index contributed by atoms with van der Waals surface area (Å²) in [5.41, 5.74) is 7.22. The van der Waals surface area contributed by atoms with E-state index in [0.29, 0.717) is 28.4 Å². The van der Waals surface area contributed by atoms with Crippen molar-refractivity contribution in [1.29, 1.82) is 0 Å². The van der Waals surface area contributed by atoms with E-state index in [1.165, 1.54) is 51.5 Å². The van der Waals surface area contributed by atoms with Gasteiger partial charge in [-0.2, -0.15) is 0 Å². The van der Waals surface area contributed by atoms with E-state index in [1.54, 1.807) is 24.3 Å². The lowest BCUT2D eigenvalue weighted by atomic mass is 10.0. The molecule has 1 aromatic heterocycles. The predicted octanol–water partition coefficient (Wildman–Crippen LogP) is 1.94. The van der Waals surface area contributed by atoms with Crippen molar-refractivity contribution in [2.75, 3.05) is 17.3 Å². The van der Waals surface area contributed by atoms with Crippen LogP contribution in [0.25, 0.3) is 0 Å². The minimum Gasteiger partial charge on any atom is -0.481 e. The highest BCUT2D eigenvalue weighted by atomic mass is 32.2. The maximum atomic E-state index is 12.9. The van der Waals surface area contributed by atoms with Gasteiger partial charge in [0.2, 0.25) is 5.91 Å². The lowest BCUT2D eigenvalue weighted by Crippen LogP contribution is -2.71. The summed E-state index contributed by atoms with van der Waals surface area (Å²) in [6.45, 7) is 1.84. The van der Waals surface area contributed by atoms with Gasteiger partial charge in [0.15, 0.2) is 4.34 Å². The van der Waals surface area contributed by atoms with Gasteiger partial charge in [0.05, 0.1) is 6.42 Å². The second-order valence-electron chi connectivity index (χ2n) is 8.07. The Bertz CT molecular complexity index is 1250. The number of hydrogen-bond donors (Lipinski definition) is 4. The summed E-state index contributed by atoms with van der Waals surface area (Å²) in [6.07, 6.45) is 0.0437. The number of carbonyl (C=O) groups is 4. The van der Waals surface area contributed by atoms with E-state index in [4.69, 9.17) is 10.8 Å². The van der Waals surface area contributed by atoms with Crippen LogP contribution in [0.3, 0.4) is 0 Å². The average Bonchev–Trinajstić information content (AvgIpc) is 3.29. The number of aryl methyl sites for hydroxylation is 1. The molecule has 2 aliphatic rings. The molecule has 3 atom stereocenters. The van der Waals surface area contributed by atoms with Gasteiger partial charge >= 0.3 is 11.9 Å². The highest BCUT2D eigenvalue weighted by Gasteiger charge is 2.54. The molecular weight excluding hydrogens is 559 g/mol. The van der Waals surface area contributed by atoms with Crippen molar-refractivity contribution in [2.45, 2.75) is 40.0 Å². The van der Waals surface area contributed by atoms with Crippen LogP contribution >= 0.6 is 46.6 Å². The van der Waals surface area contributed by atoms with Crippen LogP contribution in [0.1, 0.15) is 23.0 Å². The molecule has 15 heteroatoms. The summed E-state index contributed by atoms with van der Waals surface area (Å²) in [6, 6.07) is 5.00. The average molecular weight is 582 g/mol. The van der Waals surface area contributed by atoms with Gasteiger partial charge in [-0.3, -0.25) is 19.3 Å². The van der Waals surface area contributed by atoms with Gasteiger partial charge in [-0.15, -0.1) is 33.7 Å². The molecule has 1 aromatic carbocycles. The molecule has 3 heterocycles. The minimum absolute atomic E-state index is 0.0437. The van der Waals surface area contributed by atoms with Gasteiger partial charge in [-0.05, 0) is 30.2 Å². The molecule has 1 fully saturated rings. The Hall–Kier alpha value is -2.59. The number of rotatable bonds is 11. The summed E-state index contributed by atoms with van der Waals surface area (Å²) in [5.74, 6) is -1.89. The molecule has 0 radical (unpaired) electrons. The molecule has 2 amide bonds. The number of nitrogens with two attached hydrogens (primary N) is 1. The van der Waals surface area contributed by atoms with Crippen LogP contribution in [0.2, 0.25) is 0 Å². The van der Waals surface area contributed by atoms with E-state index in [9.17, 15) is 24.3 Å². The summed E-state index contributed by atoms with van der Waals surface area (Å²) >= 11 is 5.57. The fourth-order valence-corrected chi connectivity index (χ4v) is 7.84. The summed E-state index contributed by atoms with van der Waals surface area (Å²) in [7, 11) is 0. The normalized spacial score (nSPS) is 19.7. The highest BCUT2D eigenvalue weighted by Crippen LogP contribution is 2.42. The van der Waals surface area contributed by atoms with Gasteiger partial charge < -0.3 is 21.3 Å². The van der Waals surface area contributed by atoms with E-state index in [-0.39, 0.29) is 12.1 Å². The molecule has 37 heavy (non-hydrogen) atoms. The number of nitrogens with one attached hydrogen (secondary N) is 1. The molecule has 0 saturated carbocycles. The first kappa shape index (κ1) is 27.4. The molecule has 4 rings (SSSR count). The van der Waals surface area contributed by atoms with E-state index < -0.39 is 41.2 Å². The number of β-lactam (4-membered cyclic amide) rings is 1. The smallest absolute Gasteiger partial charge is 0.352 e. The number of thioether (sulfide) groups is 3. The Labute approximate surface area is 228 Å². The number of amides is 2. The van der Waals surface area contributed by atoms with Crippen molar-refractivity contribution in [3.63, 3.8) is 0 Å². The quantitative estimate of drug-likeness (QED) is 0.224. The third-order valence-electron chi connectivity index (χ3n) is 5.53. The second-order valence-corrected chi connectivity index (χ2v) is 12.7. The minimum atomic E-state index is -1.19. The van der Waals surface area contributed by atoms with Crippen LogP contribution in [0.4, 0.5) is 0 Å². The molecule has 2 unspecified atom stereocenters. The largest absolute Gasteiger partial charge is 0.481 e. The second kappa shape index (κ2) is 11.9. The number of benzene rings is 1. The van der Waals surface area contributed by atoms with E-state index in [2.05, 4.69) is 15.5 Å². The van der Waals surface area contributed by atoms with Crippen molar-refractivity contribution < 1.29 is 29.4 Å². The molecule has 2 aromatic rings. The lowest BCUT2D eigenvalue weighted by Gasteiger charge is -2.49. The molecule has 5 N–H and O–H groups in total. The van der Waals surface area contributed by atoms with Gasteiger partial charge in [-0.1, -0.05) is 35.2 Å². The number of carboxylic acid groups (broad SMARTS) is 2. The number of aromatic nitrogens is 2. The Kier molecular flexibility index (Phi) is 8.79. The van der Waals surface area contributed by atoms with Crippen molar-refractivity contribution in [1.82, 2.24) is 20.4 Å². The van der Waals surface area contributed by atoms with E-state index in [1.807, 2.05) is 6.92 Å². The Morgan fingerprint density at radius 1 is 1.22 bits per heavy atom. The molecule has 196 valence electrons. The number of carboxylic acids is 2. The zero-order valence-electron chi connectivity index (χ0n) is 19.4. The zero-order valence-corrected chi connectivity index (χ0v) is 22.7. The molecule has 2 aliphatic heterocycles. The number of hydrogen-bond acceptors (Lipinski definition) is 11. The fraction of sp³-hybridized carbons (Fsp3) is 0.364. The lowest BCUT2D eigenvalue weighted by molar-refractivity contribution is -0.150. The molecule has 0 bridgehead atoms. The van der Waals surface area contributed by atoms with Gasteiger partial charge in [0.1, 0.15) is 28.2 Å². The molecule has 1 saturated heterocycles. The summed E-state index contributed by atoms with van der Waals surface area (Å²) in [4.78, 5) is 50.5. The highest BCUT2D eigenvalue weighted by molar-refractivity contribution is 8.01. The first-order valence-electron chi connectivity index (χ1n) is 11.0. The number of aliphatic carboxylic acids is 2. The first-order chi connectivity index (χ1) is 17.7. The van der Waals surface area contributed by atoms with Crippen LogP contribution in [0, 0.1) is 6.92 Å². The number of fused-ring (bicyclic) bond motifs is 1. The predicted molar refractivity (Wildman–Crippen MR) is 141 cm³/mol. The Morgan fingerprint density at radius 3 is 2.57 bits per heavy atom.